The van der Waals surface area contributed by atoms with Crippen LogP contribution in [-0.4, -0.2) is 59.4 Å². The summed E-state index contributed by atoms with van der Waals surface area (Å²) >= 11 is 1.48. The minimum Gasteiger partial charge on any atom is -0.434 e. The van der Waals surface area contributed by atoms with Gasteiger partial charge in [0.1, 0.15) is 11.3 Å². The number of aromatic nitrogens is 1. The van der Waals surface area contributed by atoms with E-state index in [0.717, 1.165) is 4.88 Å². The van der Waals surface area contributed by atoms with E-state index in [2.05, 4.69) is 9.72 Å². The number of nitrogens with zero attached hydrogens (tertiary/aromatic N) is 2. The predicted molar refractivity (Wildman–Crippen MR) is 115 cm³/mol. The third-order valence-electron chi connectivity index (χ3n) is 5.11. The Bertz CT molecular complexity index is 1170. The Morgan fingerprint density at radius 3 is 2.16 bits per heavy atom. The second-order valence-corrected chi connectivity index (χ2v) is 8.00. The predicted octanol–water partition coefficient (Wildman–Crippen LogP) is 3.30. The minimum absolute atomic E-state index is 0.0285. The van der Waals surface area contributed by atoms with Gasteiger partial charge >= 0.3 is 6.61 Å². The molecule has 0 atom stereocenters. The zero-order chi connectivity index (χ0) is 22.7. The van der Waals surface area contributed by atoms with Crippen LogP contribution in [0.1, 0.15) is 20.7 Å². The molecule has 3 heterocycles. The second kappa shape index (κ2) is 9.31. The number of thiophene rings is 1. The molecule has 2 aromatic heterocycles. The van der Waals surface area contributed by atoms with Crippen molar-refractivity contribution in [2.75, 3.05) is 26.2 Å². The first kappa shape index (κ1) is 21.7. The van der Waals surface area contributed by atoms with E-state index in [4.69, 9.17) is 0 Å². The number of piperazine rings is 1. The van der Waals surface area contributed by atoms with Crippen LogP contribution in [0, 0.1) is 0 Å². The minimum atomic E-state index is -3.04. The Kier molecular flexibility index (Phi) is 6.31. The molecule has 1 aromatic carbocycles. The van der Waals surface area contributed by atoms with E-state index in [9.17, 15) is 23.2 Å². The summed E-state index contributed by atoms with van der Waals surface area (Å²) in [7, 11) is 0. The smallest absolute Gasteiger partial charge is 0.387 e. The van der Waals surface area contributed by atoms with Gasteiger partial charge in [-0.3, -0.25) is 14.4 Å². The van der Waals surface area contributed by atoms with Gasteiger partial charge in [0.2, 0.25) is 0 Å². The normalized spacial score (nSPS) is 14.0. The fourth-order valence-electron chi connectivity index (χ4n) is 3.51. The van der Waals surface area contributed by atoms with Gasteiger partial charge in [0.05, 0.1) is 16.1 Å². The molecule has 1 aliphatic heterocycles. The molecule has 10 heteroatoms. The SMILES string of the molecule is O=C(c1ccccc1OC(F)F)N1CCN(C(=O)c2ccc(-c3cccs3)[nH]c2=O)CC1. The molecule has 0 aliphatic carbocycles. The van der Waals surface area contributed by atoms with Gasteiger partial charge < -0.3 is 19.5 Å². The molecule has 166 valence electrons. The van der Waals surface area contributed by atoms with Gasteiger partial charge in [-0.25, -0.2) is 0 Å². The number of carbonyl (C=O) groups is 2. The van der Waals surface area contributed by atoms with Gasteiger partial charge in [-0.05, 0) is 35.7 Å². The summed E-state index contributed by atoms with van der Waals surface area (Å²) in [5.41, 5.74) is 0.230. The molecular formula is C22H19F2N3O4S. The number of H-pyrrole nitrogens is 1. The number of carbonyl (C=O) groups excluding carboxylic acids is 2. The third kappa shape index (κ3) is 4.54. The van der Waals surface area contributed by atoms with Crippen LogP contribution >= 0.6 is 11.3 Å². The fraction of sp³-hybridized carbons (Fsp3) is 0.227. The maximum Gasteiger partial charge on any atom is 0.387 e. The summed E-state index contributed by atoms with van der Waals surface area (Å²) in [4.78, 5) is 44.7. The number of para-hydroxylation sites is 1. The molecule has 1 N–H and O–H groups in total. The van der Waals surface area contributed by atoms with E-state index in [0.29, 0.717) is 5.69 Å². The highest BCUT2D eigenvalue weighted by Gasteiger charge is 2.28. The number of ether oxygens (including phenoxy) is 1. The summed E-state index contributed by atoms with van der Waals surface area (Å²) in [6.07, 6.45) is 0. The third-order valence-corrected chi connectivity index (χ3v) is 6.02. The molecule has 32 heavy (non-hydrogen) atoms. The van der Waals surface area contributed by atoms with Crippen molar-refractivity contribution in [3.63, 3.8) is 0 Å². The standard InChI is InChI=1S/C22H19F2N3O4S/c23-22(24)31-17-5-2-1-4-14(17)20(29)26-9-11-27(12-10-26)21(30)15-7-8-16(25-19(15)28)18-6-3-13-32-18/h1-8,13,22H,9-12H2,(H,25,28). The molecule has 3 aromatic rings. The molecule has 0 unspecified atom stereocenters. The summed E-state index contributed by atoms with van der Waals surface area (Å²) in [5.74, 6) is -1.06. The van der Waals surface area contributed by atoms with Crippen molar-refractivity contribution in [1.82, 2.24) is 14.8 Å². The van der Waals surface area contributed by atoms with E-state index in [-0.39, 0.29) is 43.1 Å². The van der Waals surface area contributed by atoms with Crippen LogP contribution in [0.3, 0.4) is 0 Å². The number of hydrogen-bond donors (Lipinski definition) is 1. The van der Waals surface area contributed by atoms with Crippen LogP contribution in [0.2, 0.25) is 0 Å². The topological polar surface area (TPSA) is 82.7 Å². The molecule has 2 amide bonds. The van der Waals surface area contributed by atoms with Crippen LogP contribution < -0.4 is 10.3 Å². The maximum absolute atomic E-state index is 12.8. The van der Waals surface area contributed by atoms with Crippen molar-refractivity contribution in [2.24, 2.45) is 0 Å². The average Bonchev–Trinajstić information content (AvgIpc) is 3.33. The van der Waals surface area contributed by atoms with Crippen LogP contribution in [0.5, 0.6) is 5.75 Å². The number of rotatable bonds is 5. The molecule has 0 spiro atoms. The Morgan fingerprint density at radius 1 is 0.906 bits per heavy atom. The first-order chi connectivity index (χ1) is 15.4. The van der Waals surface area contributed by atoms with Crippen LogP contribution in [0.15, 0.2) is 58.7 Å². The van der Waals surface area contributed by atoms with Crippen LogP contribution in [0.4, 0.5) is 8.78 Å². The van der Waals surface area contributed by atoms with Gasteiger partial charge in [-0.1, -0.05) is 18.2 Å². The summed E-state index contributed by atoms with van der Waals surface area (Å²) in [5, 5.41) is 1.89. The number of benzene rings is 1. The highest BCUT2D eigenvalue weighted by molar-refractivity contribution is 7.13. The van der Waals surface area contributed by atoms with Crippen molar-refractivity contribution in [3.05, 3.63) is 75.4 Å². The molecular weight excluding hydrogens is 440 g/mol. The Balaban J connectivity index is 1.42. The number of aromatic amines is 1. The van der Waals surface area contributed by atoms with E-state index in [1.807, 2.05) is 17.5 Å². The lowest BCUT2D eigenvalue weighted by Gasteiger charge is -2.35. The monoisotopic (exact) mass is 459 g/mol. The van der Waals surface area contributed by atoms with Crippen LogP contribution in [-0.2, 0) is 0 Å². The number of alkyl halides is 2. The van der Waals surface area contributed by atoms with Crippen molar-refractivity contribution in [1.29, 1.82) is 0 Å². The maximum atomic E-state index is 12.8. The van der Waals surface area contributed by atoms with Gasteiger partial charge in [-0.15, -0.1) is 11.3 Å². The molecule has 0 saturated carbocycles. The van der Waals surface area contributed by atoms with Crippen molar-refractivity contribution >= 4 is 23.2 Å². The van der Waals surface area contributed by atoms with Crippen molar-refractivity contribution in [3.8, 4) is 16.3 Å². The van der Waals surface area contributed by atoms with Gasteiger partial charge in [0.25, 0.3) is 17.4 Å². The zero-order valence-corrected chi connectivity index (χ0v) is 17.6. The highest BCUT2D eigenvalue weighted by Crippen LogP contribution is 2.23. The number of pyridine rings is 1. The lowest BCUT2D eigenvalue weighted by Crippen LogP contribution is -2.51. The number of hydrogen-bond acceptors (Lipinski definition) is 5. The van der Waals surface area contributed by atoms with E-state index in [1.54, 1.807) is 12.1 Å². The largest absolute Gasteiger partial charge is 0.434 e. The first-order valence-electron chi connectivity index (χ1n) is 9.83. The fourth-order valence-corrected chi connectivity index (χ4v) is 4.22. The molecule has 0 bridgehead atoms. The Labute approximate surface area is 185 Å². The highest BCUT2D eigenvalue weighted by atomic mass is 32.1. The summed E-state index contributed by atoms with van der Waals surface area (Å²) in [6.45, 7) is -2.19. The lowest BCUT2D eigenvalue weighted by atomic mass is 10.1. The Hall–Kier alpha value is -3.53. The average molecular weight is 459 g/mol. The summed E-state index contributed by atoms with van der Waals surface area (Å²) < 4.78 is 29.7. The lowest BCUT2D eigenvalue weighted by molar-refractivity contribution is -0.0503. The van der Waals surface area contributed by atoms with Gasteiger partial charge in [0, 0.05) is 26.2 Å². The zero-order valence-electron chi connectivity index (χ0n) is 16.8. The van der Waals surface area contributed by atoms with Gasteiger partial charge in [0.15, 0.2) is 0 Å². The Morgan fingerprint density at radius 2 is 1.56 bits per heavy atom. The summed E-state index contributed by atoms with van der Waals surface area (Å²) in [6, 6.07) is 12.8. The number of nitrogens with one attached hydrogen (secondary N) is 1. The van der Waals surface area contributed by atoms with E-state index >= 15 is 0 Å². The molecule has 1 aliphatic rings. The molecule has 4 rings (SSSR count). The van der Waals surface area contributed by atoms with E-state index < -0.39 is 24.0 Å². The van der Waals surface area contributed by atoms with Gasteiger partial charge in [-0.2, -0.15) is 8.78 Å². The first-order valence-corrected chi connectivity index (χ1v) is 10.7. The molecule has 0 radical (unpaired) electrons. The number of amides is 2. The molecule has 1 fully saturated rings. The molecule has 7 nitrogen and oxygen atoms in total. The second-order valence-electron chi connectivity index (χ2n) is 7.05. The quantitative estimate of drug-likeness (QED) is 0.635. The van der Waals surface area contributed by atoms with Crippen molar-refractivity contribution in [2.45, 2.75) is 6.61 Å². The van der Waals surface area contributed by atoms with Crippen LogP contribution in [0.25, 0.3) is 10.6 Å². The van der Waals surface area contributed by atoms with Crippen molar-refractivity contribution < 1.29 is 23.1 Å². The molecule has 1 saturated heterocycles. The number of halogens is 2. The van der Waals surface area contributed by atoms with E-state index in [1.165, 1.54) is 45.4 Å².